The molecule has 0 spiro atoms. The Morgan fingerprint density at radius 2 is 2.40 bits per heavy atom. The number of ether oxygens (including phenoxy) is 1. The van der Waals surface area contributed by atoms with Gasteiger partial charge in [0, 0.05) is 6.92 Å². The molecule has 0 heterocycles. The Morgan fingerprint density at radius 1 is 1.90 bits per heavy atom. The van der Waals surface area contributed by atoms with Crippen LogP contribution in [0.3, 0.4) is 0 Å². The first-order valence-corrected chi connectivity index (χ1v) is 2.29. The molecule has 0 saturated carbocycles. The zero-order valence-corrected chi connectivity index (χ0v) is 5.13. The minimum atomic E-state index is -2.81. The van der Waals surface area contributed by atoms with E-state index in [2.05, 4.69) is 4.74 Å². The smallest absolute Gasteiger partial charge is 0.327 e. The third-order valence-corrected chi connectivity index (χ3v) is 0.777. The first-order chi connectivity index (χ1) is 4.54. The zero-order chi connectivity index (χ0) is 8.20. The lowest BCUT2D eigenvalue weighted by molar-refractivity contribution is -0.181. The second-order valence-corrected chi connectivity index (χ2v) is 1.57. The highest BCUT2D eigenvalue weighted by Crippen LogP contribution is 2.09. The normalized spacial score (nSPS) is 15.1. The Balaban J connectivity index is 4.08. The fraction of sp³-hybridized carbons (Fsp3) is 0.500. The van der Waals surface area contributed by atoms with E-state index in [0.717, 1.165) is 5.48 Å². The Labute approximate surface area is 55.7 Å². The van der Waals surface area contributed by atoms with Crippen molar-refractivity contribution in [3.05, 3.63) is 0 Å². The molecule has 0 fully saturated rings. The molecule has 0 aromatic rings. The summed E-state index contributed by atoms with van der Waals surface area (Å²) in [6.07, 6.45) is 0. The van der Waals surface area contributed by atoms with E-state index in [4.69, 9.17) is 5.21 Å². The summed E-state index contributed by atoms with van der Waals surface area (Å²) in [6.45, 7) is 0.461. The van der Waals surface area contributed by atoms with Crippen LogP contribution in [0.1, 0.15) is 6.92 Å². The van der Waals surface area contributed by atoms with Crippen molar-refractivity contribution < 1.29 is 23.9 Å². The number of carbonyl (C=O) groups excluding carboxylic acids is 2. The zero-order valence-electron chi connectivity index (χ0n) is 5.13. The van der Waals surface area contributed by atoms with Crippen LogP contribution in [0.15, 0.2) is 0 Å². The van der Waals surface area contributed by atoms with Crippen LogP contribution in [0.2, 0.25) is 0 Å². The molecule has 0 bridgehead atoms. The number of alkyl halides is 1. The number of hydroxylamine groups is 1. The number of nitrogens with one attached hydrogen (secondary N) is 1. The van der Waals surface area contributed by atoms with Gasteiger partial charge in [-0.1, -0.05) is 0 Å². The first-order valence-electron chi connectivity index (χ1n) is 2.29. The van der Waals surface area contributed by atoms with E-state index in [9.17, 15) is 14.0 Å². The molecule has 5 nitrogen and oxygen atoms in total. The van der Waals surface area contributed by atoms with E-state index in [1.807, 2.05) is 0 Å². The molecular formula is C4H6FNO4. The fourth-order valence-corrected chi connectivity index (χ4v) is 0.244. The maximum Gasteiger partial charge on any atom is 0.327 e. The molecule has 10 heavy (non-hydrogen) atoms. The molecule has 0 aromatic carbocycles. The number of rotatable bonds is 3. The van der Waals surface area contributed by atoms with E-state index in [1.54, 1.807) is 0 Å². The lowest BCUT2D eigenvalue weighted by Gasteiger charge is -2.13. The molecule has 2 N–H and O–H groups in total. The lowest BCUT2D eigenvalue weighted by atomic mass is 10.3. The minimum Gasteiger partial charge on any atom is -0.421 e. The maximum absolute atomic E-state index is 12.5. The standard InChI is InChI=1S/C4H6FNO4/c1-4(5,10-2-7)3(8)6-9/h2,9H,1H3,(H,6,8). The molecule has 0 aliphatic carbocycles. The molecule has 58 valence electrons. The Hall–Kier alpha value is -1.17. The average Bonchev–Trinajstić information content (AvgIpc) is 1.86. The van der Waals surface area contributed by atoms with Gasteiger partial charge in [0.05, 0.1) is 0 Å². The summed E-state index contributed by atoms with van der Waals surface area (Å²) in [5.41, 5.74) is 0.992. The van der Waals surface area contributed by atoms with Gasteiger partial charge in [-0.2, -0.15) is 4.39 Å². The molecule has 1 unspecified atom stereocenters. The van der Waals surface area contributed by atoms with Gasteiger partial charge >= 0.3 is 11.8 Å². The van der Waals surface area contributed by atoms with E-state index in [1.165, 1.54) is 0 Å². The molecule has 0 rings (SSSR count). The van der Waals surface area contributed by atoms with Crippen molar-refractivity contribution in [2.45, 2.75) is 12.8 Å². The van der Waals surface area contributed by atoms with Crippen molar-refractivity contribution in [2.75, 3.05) is 0 Å². The highest BCUT2D eigenvalue weighted by molar-refractivity contribution is 5.82. The van der Waals surface area contributed by atoms with Crippen molar-refractivity contribution in [1.29, 1.82) is 0 Å². The van der Waals surface area contributed by atoms with E-state index < -0.39 is 11.8 Å². The second-order valence-electron chi connectivity index (χ2n) is 1.57. The van der Waals surface area contributed by atoms with Crippen molar-refractivity contribution >= 4 is 12.4 Å². The van der Waals surface area contributed by atoms with Crippen molar-refractivity contribution in [2.24, 2.45) is 0 Å². The van der Waals surface area contributed by atoms with Crippen LogP contribution in [0.5, 0.6) is 0 Å². The molecule has 0 aliphatic heterocycles. The highest BCUT2D eigenvalue weighted by atomic mass is 19.2. The van der Waals surface area contributed by atoms with Gasteiger partial charge in [0.2, 0.25) is 0 Å². The average molecular weight is 151 g/mol. The van der Waals surface area contributed by atoms with Crippen LogP contribution in [0.4, 0.5) is 4.39 Å². The third-order valence-electron chi connectivity index (χ3n) is 0.777. The lowest BCUT2D eigenvalue weighted by Crippen LogP contribution is -2.41. The predicted octanol–water partition coefficient (Wildman–Crippen LogP) is -0.650. The Morgan fingerprint density at radius 3 is 2.70 bits per heavy atom. The van der Waals surface area contributed by atoms with Crippen LogP contribution in [-0.4, -0.2) is 23.4 Å². The number of hydrogen-bond acceptors (Lipinski definition) is 4. The van der Waals surface area contributed by atoms with E-state index in [0.29, 0.717) is 6.92 Å². The van der Waals surface area contributed by atoms with Gasteiger partial charge in [-0.05, 0) is 0 Å². The summed E-state index contributed by atoms with van der Waals surface area (Å²) in [4.78, 5) is 19.7. The first kappa shape index (κ1) is 8.83. The van der Waals surface area contributed by atoms with Crippen molar-refractivity contribution in [3.63, 3.8) is 0 Å². The van der Waals surface area contributed by atoms with Gasteiger partial charge in [0.15, 0.2) is 0 Å². The summed E-state index contributed by atoms with van der Waals surface area (Å²) >= 11 is 0. The van der Waals surface area contributed by atoms with Crippen molar-refractivity contribution in [3.8, 4) is 0 Å². The SMILES string of the molecule is CC(F)(OC=O)C(=O)NO. The topological polar surface area (TPSA) is 75.6 Å². The molecule has 6 heteroatoms. The molecule has 0 aromatic heterocycles. The number of amides is 1. The summed E-state index contributed by atoms with van der Waals surface area (Å²) < 4.78 is 16.1. The van der Waals surface area contributed by atoms with Crippen LogP contribution < -0.4 is 5.48 Å². The molecule has 1 amide bonds. The maximum atomic E-state index is 12.5. The van der Waals surface area contributed by atoms with Gasteiger partial charge in [0.25, 0.3) is 6.47 Å². The summed E-state index contributed by atoms with van der Waals surface area (Å²) in [7, 11) is 0. The third kappa shape index (κ3) is 1.98. The molecule has 1 atom stereocenters. The number of halogens is 1. The Bertz CT molecular complexity index is 146. The molecule has 0 radical (unpaired) electrons. The molecule has 0 saturated heterocycles. The van der Waals surface area contributed by atoms with Crippen LogP contribution >= 0.6 is 0 Å². The molecule has 0 aliphatic rings. The van der Waals surface area contributed by atoms with Gasteiger partial charge in [-0.15, -0.1) is 0 Å². The van der Waals surface area contributed by atoms with E-state index >= 15 is 0 Å². The number of hydrogen-bond donors (Lipinski definition) is 2. The Kier molecular flexibility index (Phi) is 2.75. The fourth-order valence-electron chi connectivity index (χ4n) is 0.244. The minimum absolute atomic E-state index is 0.227. The quantitative estimate of drug-likeness (QED) is 0.319. The van der Waals surface area contributed by atoms with Gasteiger partial charge in [-0.3, -0.25) is 14.8 Å². The second kappa shape index (κ2) is 3.11. The summed E-state index contributed by atoms with van der Waals surface area (Å²) in [5, 5.41) is 7.86. The van der Waals surface area contributed by atoms with Gasteiger partial charge < -0.3 is 4.74 Å². The summed E-state index contributed by atoms with van der Waals surface area (Å²) in [6, 6.07) is 0. The van der Waals surface area contributed by atoms with E-state index in [-0.39, 0.29) is 6.47 Å². The monoisotopic (exact) mass is 151 g/mol. The molecular weight excluding hydrogens is 145 g/mol. The van der Waals surface area contributed by atoms with Crippen LogP contribution in [-0.2, 0) is 14.3 Å². The van der Waals surface area contributed by atoms with Gasteiger partial charge in [0.1, 0.15) is 0 Å². The predicted molar refractivity (Wildman–Crippen MR) is 26.6 cm³/mol. The number of carbonyl (C=O) groups is 2. The summed E-state index contributed by atoms with van der Waals surface area (Å²) in [5.74, 6) is -4.24. The van der Waals surface area contributed by atoms with Gasteiger partial charge in [-0.25, -0.2) is 5.48 Å². The highest BCUT2D eigenvalue weighted by Gasteiger charge is 2.34. The largest absolute Gasteiger partial charge is 0.421 e. The van der Waals surface area contributed by atoms with Crippen LogP contribution in [0, 0.1) is 0 Å². The van der Waals surface area contributed by atoms with Crippen molar-refractivity contribution in [1.82, 2.24) is 5.48 Å². The van der Waals surface area contributed by atoms with Crippen LogP contribution in [0.25, 0.3) is 0 Å².